The summed E-state index contributed by atoms with van der Waals surface area (Å²) in [6.07, 6.45) is 1.84. The third-order valence-corrected chi connectivity index (χ3v) is 3.19. The summed E-state index contributed by atoms with van der Waals surface area (Å²) in [7, 11) is 1.48. The molecule has 0 saturated heterocycles. The normalized spacial score (nSPS) is 13.1. The Balaban J connectivity index is 3.70. The number of aldehydes is 1. The second-order valence-electron chi connectivity index (χ2n) is 4.59. The Morgan fingerprint density at radius 2 is 2.09 bits per heavy atom. The Bertz CT molecular complexity index is 727. The van der Waals surface area contributed by atoms with E-state index in [1.807, 2.05) is 0 Å². The highest BCUT2D eigenvalue weighted by molar-refractivity contribution is 5.98. The fraction of sp³-hybridized carbons (Fsp3) is 0.400. The maximum absolute atomic E-state index is 12.0. The number of carboxylic acid groups (broad SMARTS) is 1. The summed E-state index contributed by atoms with van der Waals surface area (Å²) in [6.45, 7) is 1.27. The number of carbonyl (C=O) groups is 2. The first-order valence-corrected chi connectivity index (χ1v) is 6.59. The van der Waals surface area contributed by atoms with Crippen LogP contribution in [0.2, 0.25) is 0 Å². The maximum atomic E-state index is 12.0. The van der Waals surface area contributed by atoms with Crippen molar-refractivity contribution in [3.05, 3.63) is 32.2 Å². The molecule has 0 unspecified atom stereocenters. The van der Waals surface area contributed by atoms with Crippen LogP contribution in [0, 0.1) is 6.92 Å². The summed E-state index contributed by atoms with van der Waals surface area (Å²) in [4.78, 5) is 33.7. The van der Waals surface area contributed by atoms with Gasteiger partial charge >= 0.3 is 11.6 Å². The highest BCUT2D eigenvalue weighted by atomic mass is 16.5. The van der Waals surface area contributed by atoms with E-state index in [4.69, 9.17) is 14.3 Å². The molecular formula is C15H18O7. The topological polar surface area (TPSA) is 114 Å². The average molecular weight is 310 g/mol. The van der Waals surface area contributed by atoms with E-state index in [0.29, 0.717) is 17.1 Å². The number of aliphatic carboxylic acids is 1. The lowest BCUT2D eigenvalue weighted by Crippen LogP contribution is -2.37. The number of methoxy groups -OCH3 is 1. The summed E-state index contributed by atoms with van der Waals surface area (Å²) in [6, 6.07) is 0. The molecule has 1 aromatic rings. The Hall–Kier alpha value is -2.25. The van der Waals surface area contributed by atoms with Gasteiger partial charge in [0.05, 0.1) is 18.8 Å². The zero-order valence-electron chi connectivity index (χ0n) is 12.4. The molecule has 0 amide bonds. The van der Waals surface area contributed by atoms with Crippen molar-refractivity contribution in [2.45, 2.75) is 19.8 Å². The number of rotatable bonds is 7. The summed E-state index contributed by atoms with van der Waals surface area (Å²) in [5.41, 5.74) is -0.0476. The molecule has 0 radical (unpaired) electrons. The van der Waals surface area contributed by atoms with Gasteiger partial charge in [-0.2, -0.15) is 0 Å². The first-order valence-electron chi connectivity index (χ1n) is 6.59. The van der Waals surface area contributed by atoms with Crippen LogP contribution in [0.25, 0.3) is 11.6 Å². The number of aliphatic hydroxyl groups is 1. The van der Waals surface area contributed by atoms with Crippen molar-refractivity contribution in [3.63, 3.8) is 0 Å². The zero-order valence-corrected chi connectivity index (χ0v) is 12.4. The van der Waals surface area contributed by atoms with Crippen LogP contribution in [0.3, 0.4) is 0 Å². The molecule has 0 aromatic carbocycles. The third-order valence-electron chi connectivity index (χ3n) is 3.19. The monoisotopic (exact) mass is 310 g/mol. The average Bonchev–Trinajstić information content (AvgIpc) is 2.47. The lowest BCUT2D eigenvalue weighted by Gasteiger charge is -2.05. The number of aliphatic hydroxyl groups excluding tert-OH is 1. The summed E-state index contributed by atoms with van der Waals surface area (Å²) >= 11 is 0. The molecule has 1 heterocycles. The van der Waals surface area contributed by atoms with Gasteiger partial charge in [-0.15, -0.1) is 0 Å². The Kier molecular flexibility index (Phi) is 6.68. The van der Waals surface area contributed by atoms with E-state index in [1.165, 1.54) is 7.11 Å². The Morgan fingerprint density at radius 1 is 1.41 bits per heavy atom. The van der Waals surface area contributed by atoms with Gasteiger partial charge in [0.25, 0.3) is 0 Å². The summed E-state index contributed by atoms with van der Waals surface area (Å²) in [5, 5.41) is 18.4. The number of carbonyl (C=O) groups excluding carboxylic acids is 1. The van der Waals surface area contributed by atoms with Gasteiger partial charge in [0.2, 0.25) is 0 Å². The van der Waals surface area contributed by atoms with Crippen molar-refractivity contribution in [1.82, 2.24) is 0 Å². The lowest BCUT2D eigenvalue weighted by atomic mass is 10.0. The standard InChI is InChI=1S/C15H18O7/c1-9-11(5-6-21-2)14(10(7-16)8-17)22-15(20)12(9)3-4-13(18)19/h5,7,17H,3-4,6,8H2,1-2H3,(H,18,19)/b11-5-,14-10+. The minimum Gasteiger partial charge on any atom is -0.481 e. The minimum atomic E-state index is -1.03. The molecule has 0 bridgehead atoms. The molecule has 0 aliphatic heterocycles. The zero-order chi connectivity index (χ0) is 16.7. The van der Waals surface area contributed by atoms with Gasteiger partial charge in [0, 0.05) is 24.3 Å². The molecule has 0 atom stereocenters. The second kappa shape index (κ2) is 8.26. The molecule has 1 rings (SSSR count). The van der Waals surface area contributed by atoms with E-state index in [0.717, 1.165) is 0 Å². The van der Waals surface area contributed by atoms with Crippen molar-refractivity contribution in [2.75, 3.05) is 20.3 Å². The van der Waals surface area contributed by atoms with Crippen LogP contribution in [0.15, 0.2) is 9.21 Å². The molecule has 1 aromatic heterocycles. The highest BCUT2D eigenvalue weighted by Crippen LogP contribution is 2.00. The molecule has 0 fully saturated rings. The van der Waals surface area contributed by atoms with Crippen molar-refractivity contribution < 1.29 is 29.0 Å². The van der Waals surface area contributed by atoms with Crippen LogP contribution >= 0.6 is 0 Å². The second-order valence-corrected chi connectivity index (χ2v) is 4.59. The van der Waals surface area contributed by atoms with Crippen LogP contribution in [0.5, 0.6) is 0 Å². The van der Waals surface area contributed by atoms with E-state index in [9.17, 15) is 19.5 Å². The Labute approximate surface area is 126 Å². The predicted octanol–water partition coefficient (Wildman–Crippen LogP) is -1.27. The largest absolute Gasteiger partial charge is 0.481 e. The fourth-order valence-electron chi connectivity index (χ4n) is 2.03. The third kappa shape index (κ3) is 4.12. The molecular weight excluding hydrogens is 292 g/mol. The molecule has 0 spiro atoms. The van der Waals surface area contributed by atoms with Gasteiger partial charge in [-0.1, -0.05) is 0 Å². The van der Waals surface area contributed by atoms with E-state index in [2.05, 4.69) is 0 Å². The van der Waals surface area contributed by atoms with Gasteiger partial charge in [-0.3, -0.25) is 9.59 Å². The summed E-state index contributed by atoms with van der Waals surface area (Å²) in [5.74, 6) is -1.03. The van der Waals surface area contributed by atoms with Gasteiger partial charge in [0.1, 0.15) is 5.42 Å². The van der Waals surface area contributed by atoms with E-state index in [-0.39, 0.29) is 36.0 Å². The predicted molar refractivity (Wildman–Crippen MR) is 77.8 cm³/mol. The van der Waals surface area contributed by atoms with Crippen LogP contribution in [0.1, 0.15) is 17.5 Å². The van der Waals surface area contributed by atoms with Crippen LogP contribution in [-0.2, 0) is 20.7 Å². The molecule has 0 aliphatic rings. The molecule has 7 heteroatoms. The van der Waals surface area contributed by atoms with E-state index < -0.39 is 18.2 Å². The van der Waals surface area contributed by atoms with Crippen molar-refractivity contribution in [1.29, 1.82) is 0 Å². The molecule has 0 saturated carbocycles. The lowest BCUT2D eigenvalue weighted by molar-refractivity contribution is -0.137. The maximum Gasteiger partial charge on any atom is 0.339 e. The number of hydrogen-bond acceptors (Lipinski definition) is 6. The van der Waals surface area contributed by atoms with Crippen LogP contribution in [-0.4, -0.2) is 42.8 Å². The van der Waals surface area contributed by atoms with Gasteiger partial charge < -0.3 is 19.4 Å². The smallest absolute Gasteiger partial charge is 0.339 e. The van der Waals surface area contributed by atoms with Crippen molar-refractivity contribution in [3.8, 4) is 0 Å². The van der Waals surface area contributed by atoms with E-state index in [1.54, 1.807) is 13.0 Å². The number of ether oxygens (including phenoxy) is 1. The molecule has 7 nitrogen and oxygen atoms in total. The number of carboxylic acids is 1. The van der Waals surface area contributed by atoms with E-state index >= 15 is 0 Å². The molecule has 2 N–H and O–H groups in total. The SMILES string of the molecule is COC/C=c1/c(C)c(CCC(=O)O)c(=O)o/c1=C(\C=O)CO. The van der Waals surface area contributed by atoms with Crippen molar-refractivity contribution in [2.24, 2.45) is 0 Å². The molecule has 22 heavy (non-hydrogen) atoms. The van der Waals surface area contributed by atoms with Crippen LogP contribution < -0.4 is 16.3 Å². The first kappa shape index (κ1) is 17.8. The van der Waals surface area contributed by atoms with Crippen LogP contribution in [0.4, 0.5) is 0 Å². The molecule has 120 valence electrons. The van der Waals surface area contributed by atoms with Crippen molar-refractivity contribution >= 4 is 23.9 Å². The summed E-state index contributed by atoms with van der Waals surface area (Å²) < 4.78 is 10.1. The fourth-order valence-corrected chi connectivity index (χ4v) is 2.03. The van der Waals surface area contributed by atoms with Gasteiger partial charge in [0.15, 0.2) is 6.29 Å². The number of hydrogen-bond donors (Lipinski definition) is 2. The highest BCUT2D eigenvalue weighted by Gasteiger charge is 2.12. The molecule has 0 aliphatic carbocycles. The minimum absolute atomic E-state index is 0.0175. The van der Waals surface area contributed by atoms with Gasteiger partial charge in [-0.05, 0) is 25.0 Å². The Morgan fingerprint density at radius 3 is 2.59 bits per heavy atom. The quantitative estimate of drug-likeness (QED) is 0.604. The first-order chi connectivity index (χ1) is 10.5. The van der Waals surface area contributed by atoms with Gasteiger partial charge in [-0.25, -0.2) is 4.79 Å².